The number of aromatic nitrogens is 3. The van der Waals surface area contributed by atoms with Crippen molar-refractivity contribution in [3.8, 4) is 10.6 Å². The van der Waals surface area contributed by atoms with Crippen LogP contribution in [0.4, 0.5) is 5.13 Å². The number of nitrogen functional groups attached to an aromatic ring is 1. The zero-order valence-electron chi connectivity index (χ0n) is 7.55. The maximum absolute atomic E-state index is 5.60. The van der Waals surface area contributed by atoms with Gasteiger partial charge in [0.2, 0.25) is 0 Å². The van der Waals surface area contributed by atoms with E-state index in [1.807, 2.05) is 18.7 Å². The predicted octanol–water partition coefficient (Wildman–Crippen LogP) is 1.92. The third-order valence-corrected chi connectivity index (χ3v) is 3.23. The highest BCUT2D eigenvalue weighted by molar-refractivity contribution is 7.18. The van der Waals surface area contributed by atoms with Crippen LogP contribution >= 0.6 is 11.3 Å². The molecule has 2 aromatic rings. The van der Waals surface area contributed by atoms with Crippen LogP contribution in [0.5, 0.6) is 0 Å². The molecular formula is C9H10N4S. The number of thiazole rings is 1. The van der Waals surface area contributed by atoms with Crippen molar-refractivity contribution in [2.45, 2.75) is 18.9 Å². The highest BCUT2D eigenvalue weighted by atomic mass is 32.1. The van der Waals surface area contributed by atoms with Gasteiger partial charge < -0.3 is 10.3 Å². The van der Waals surface area contributed by atoms with Crippen LogP contribution in [0, 0.1) is 0 Å². The Kier molecular flexibility index (Phi) is 1.61. The Bertz CT molecular complexity index is 455. The van der Waals surface area contributed by atoms with E-state index in [0.717, 1.165) is 10.6 Å². The molecule has 1 aliphatic rings. The molecule has 0 aliphatic heterocycles. The standard InChI is InChI=1S/C9H10N4S/c10-9-12-4-8(14-9)7-3-11-5-13(7)6-1-2-6/h3-6H,1-2H2,(H2,10,12). The van der Waals surface area contributed by atoms with E-state index in [0.29, 0.717) is 11.2 Å². The Morgan fingerprint density at radius 2 is 2.29 bits per heavy atom. The Balaban J connectivity index is 2.06. The van der Waals surface area contributed by atoms with Crippen LogP contribution in [0.25, 0.3) is 10.6 Å². The minimum absolute atomic E-state index is 0.614. The normalized spacial score (nSPS) is 16.0. The second kappa shape index (κ2) is 2.81. The molecule has 0 saturated heterocycles. The number of nitrogens with two attached hydrogens (primary N) is 1. The van der Waals surface area contributed by atoms with Crippen LogP contribution in [0.3, 0.4) is 0 Å². The van der Waals surface area contributed by atoms with Gasteiger partial charge in [-0.15, -0.1) is 0 Å². The lowest BCUT2D eigenvalue weighted by Gasteiger charge is -2.02. The fourth-order valence-corrected chi connectivity index (χ4v) is 2.24. The number of anilines is 1. The number of nitrogens with zero attached hydrogens (tertiary/aromatic N) is 3. The summed E-state index contributed by atoms with van der Waals surface area (Å²) in [5.74, 6) is 0. The Labute approximate surface area is 85.4 Å². The maximum atomic E-state index is 5.60. The summed E-state index contributed by atoms with van der Waals surface area (Å²) in [5.41, 5.74) is 6.74. The van der Waals surface area contributed by atoms with Crippen LogP contribution in [0.1, 0.15) is 18.9 Å². The number of imidazole rings is 1. The van der Waals surface area contributed by atoms with Gasteiger partial charge in [-0.1, -0.05) is 11.3 Å². The monoisotopic (exact) mass is 206 g/mol. The summed E-state index contributed by atoms with van der Waals surface area (Å²) in [6.07, 6.45) is 8.11. The summed E-state index contributed by atoms with van der Waals surface area (Å²) in [6, 6.07) is 0.649. The molecule has 1 saturated carbocycles. The topological polar surface area (TPSA) is 56.7 Å². The Hall–Kier alpha value is -1.36. The molecule has 5 heteroatoms. The highest BCUT2D eigenvalue weighted by Gasteiger charge is 2.26. The molecule has 1 fully saturated rings. The van der Waals surface area contributed by atoms with Gasteiger partial charge in [-0.2, -0.15) is 0 Å². The van der Waals surface area contributed by atoms with Gasteiger partial charge in [0, 0.05) is 12.2 Å². The van der Waals surface area contributed by atoms with Crippen molar-refractivity contribution in [1.29, 1.82) is 0 Å². The third kappa shape index (κ3) is 1.21. The van der Waals surface area contributed by atoms with E-state index in [1.165, 1.54) is 24.2 Å². The minimum atomic E-state index is 0.614. The lowest BCUT2D eigenvalue weighted by molar-refractivity contribution is 0.749. The van der Waals surface area contributed by atoms with Crippen LogP contribution in [-0.2, 0) is 0 Å². The van der Waals surface area contributed by atoms with Crippen molar-refractivity contribution in [1.82, 2.24) is 14.5 Å². The van der Waals surface area contributed by atoms with Gasteiger partial charge in [0.1, 0.15) is 0 Å². The molecule has 0 bridgehead atoms. The van der Waals surface area contributed by atoms with E-state index in [-0.39, 0.29) is 0 Å². The zero-order valence-corrected chi connectivity index (χ0v) is 8.37. The molecule has 0 radical (unpaired) electrons. The molecule has 0 aromatic carbocycles. The molecule has 2 heterocycles. The van der Waals surface area contributed by atoms with E-state index in [4.69, 9.17) is 5.73 Å². The van der Waals surface area contributed by atoms with Crippen LogP contribution in [0.15, 0.2) is 18.7 Å². The SMILES string of the molecule is Nc1ncc(-c2cncn2C2CC2)s1. The average Bonchev–Trinajstić information content (AvgIpc) is 2.75. The van der Waals surface area contributed by atoms with Gasteiger partial charge in [-0.05, 0) is 12.8 Å². The molecule has 0 atom stereocenters. The number of hydrogen-bond donors (Lipinski definition) is 1. The predicted molar refractivity (Wildman–Crippen MR) is 56.0 cm³/mol. The summed E-state index contributed by atoms with van der Waals surface area (Å²) in [4.78, 5) is 9.32. The largest absolute Gasteiger partial charge is 0.375 e. The number of rotatable bonds is 2. The van der Waals surface area contributed by atoms with E-state index in [9.17, 15) is 0 Å². The smallest absolute Gasteiger partial charge is 0.180 e. The summed E-state index contributed by atoms with van der Waals surface area (Å²) in [5, 5.41) is 0.614. The first-order valence-electron chi connectivity index (χ1n) is 4.58. The van der Waals surface area contributed by atoms with Crippen molar-refractivity contribution in [3.05, 3.63) is 18.7 Å². The van der Waals surface area contributed by atoms with E-state index >= 15 is 0 Å². The van der Waals surface area contributed by atoms with Gasteiger partial charge in [0.25, 0.3) is 0 Å². The first-order valence-corrected chi connectivity index (χ1v) is 5.40. The molecule has 3 rings (SSSR count). The fourth-order valence-electron chi connectivity index (χ4n) is 1.55. The van der Waals surface area contributed by atoms with Crippen molar-refractivity contribution in [2.24, 2.45) is 0 Å². The fraction of sp³-hybridized carbons (Fsp3) is 0.333. The second-order valence-corrected chi connectivity index (χ2v) is 4.54. The Morgan fingerprint density at radius 1 is 1.43 bits per heavy atom. The highest BCUT2D eigenvalue weighted by Crippen LogP contribution is 2.39. The van der Waals surface area contributed by atoms with E-state index < -0.39 is 0 Å². The lowest BCUT2D eigenvalue weighted by atomic mass is 10.4. The summed E-state index contributed by atoms with van der Waals surface area (Å²) in [6.45, 7) is 0. The van der Waals surface area contributed by atoms with Gasteiger partial charge >= 0.3 is 0 Å². The molecular weight excluding hydrogens is 196 g/mol. The molecule has 0 unspecified atom stereocenters. The van der Waals surface area contributed by atoms with E-state index in [2.05, 4.69) is 14.5 Å². The first kappa shape index (κ1) is 7.99. The van der Waals surface area contributed by atoms with Crippen LogP contribution in [-0.4, -0.2) is 14.5 Å². The number of hydrogen-bond acceptors (Lipinski definition) is 4. The zero-order chi connectivity index (χ0) is 9.54. The first-order chi connectivity index (χ1) is 6.84. The quantitative estimate of drug-likeness (QED) is 0.816. The molecule has 1 aliphatic carbocycles. The summed E-state index contributed by atoms with van der Waals surface area (Å²) >= 11 is 1.51. The van der Waals surface area contributed by atoms with Crippen molar-refractivity contribution in [2.75, 3.05) is 5.73 Å². The molecule has 2 aromatic heterocycles. The van der Waals surface area contributed by atoms with Crippen molar-refractivity contribution in [3.63, 3.8) is 0 Å². The molecule has 4 nitrogen and oxygen atoms in total. The molecule has 0 spiro atoms. The molecule has 14 heavy (non-hydrogen) atoms. The minimum Gasteiger partial charge on any atom is -0.375 e. The van der Waals surface area contributed by atoms with Gasteiger partial charge in [0.15, 0.2) is 5.13 Å². The third-order valence-electron chi connectivity index (χ3n) is 2.38. The maximum Gasteiger partial charge on any atom is 0.180 e. The summed E-state index contributed by atoms with van der Waals surface area (Å²) in [7, 11) is 0. The molecule has 2 N–H and O–H groups in total. The molecule has 72 valence electrons. The summed E-state index contributed by atoms with van der Waals surface area (Å²) < 4.78 is 2.22. The van der Waals surface area contributed by atoms with Crippen LogP contribution < -0.4 is 5.73 Å². The van der Waals surface area contributed by atoms with Gasteiger partial charge in [0.05, 0.1) is 23.1 Å². The Morgan fingerprint density at radius 3 is 2.93 bits per heavy atom. The molecule has 0 amide bonds. The average molecular weight is 206 g/mol. The van der Waals surface area contributed by atoms with Gasteiger partial charge in [-0.3, -0.25) is 0 Å². The lowest BCUT2D eigenvalue weighted by Crippen LogP contribution is -1.92. The van der Waals surface area contributed by atoms with Crippen LogP contribution in [0.2, 0.25) is 0 Å². The second-order valence-electron chi connectivity index (χ2n) is 3.48. The van der Waals surface area contributed by atoms with Crippen molar-refractivity contribution < 1.29 is 0 Å². The van der Waals surface area contributed by atoms with Crippen molar-refractivity contribution >= 4 is 16.5 Å². The van der Waals surface area contributed by atoms with Gasteiger partial charge in [-0.25, -0.2) is 9.97 Å². The van der Waals surface area contributed by atoms with E-state index in [1.54, 1.807) is 0 Å².